The first-order chi connectivity index (χ1) is 9.97. The smallest absolute Gasteiger partial charge is 0.0592 e. The maximum absolute atomic E-state index is 6.05. The Morgan fingerprint density at radius 3 is 2.38 bits per heavy atom. The van der Waals surface area contributed by atoms with Gasteiger partial charge in [-0.15, -0.1) is 0 Å². The summed E-state index contributed by atoms with van der Waals surface area (Å²) in [6, 6.07) is 7.86. The first-order valence-corrected chi connectivity index (χ1v) is 7.18. The van der Waals surface area contributed by atoms with Crippen molar-refractivity contribution in [2.75, 3.05) is 0 Å². The molecule has 0 aromatic heterocycles. The minimum Gasteiger partial charge on any atom is -0.397 e. The zero-order valence-corrected chi connectivity index (χ0v) is 13.6. The maximum atomic E-state index is 6.05. The highest BCUT2D eigenvalue weighted by atomic mass is 35.5. The molecule has 0 spiro atoms. The van der Waals surface area contributed by atoms with Crippen LogP contribution in [0, 0.1) is 6.92 Å². The molecule has 0 unspecified atom stereocenters. The number of hydrogen-bond acceptors (Lipinski definition) is 3. The van der Waals surface area contributed by atoms with Crippen molar-refractivity contribution in [3.05, 3.63) is 76.1 Å². The molecule has 0 amide bonds. The fourth-order valence-electron chi connectivity index (χ4n) is 1.54. The minimum absolute atomic E-state index is 0.544. The van der Waals surface area contributed by atoms with Gasteiger partial charge < -0.3 is 5.73 Å². The zero-order valence-electron chi connectivity index (χ0n) is 12.1. The highest BCUT2D eigenvalue weighted by molar-refractivity contribution is 6.31. The van der Waals surface area contributed by atoms with Gasteiger partial charge in [0.15, 0.2) is 0 Å². The van der Waals surface area contributed by atoms with Crippen molar-refractivity contribution >= 4 is 28.9 Å². The van der Waals surface area contributed by atoms with Crippen molar-refractivity contribution in [3.63, 3.8) is 0 Å². The number of hydrogen-bond donors (Lipinski definition) is 2. The van der Waals surface area contributed by atoms with Gasteiger partial charge in [0.2, 0.25) is 0 Å². The molecular weight excluding hydrogens is 305 g/mol. The third kappa shape index (κ3) is 5.68. The largest absolute Gasteiger partial charge is 0.397 e. The van der Waals surface area contributed by atoms with Gasteiger partial charge in [0.05, 0.1) is 11.4 Å². The number of halogens is 2. The molecule has 5 heteroatoms. The zero-order chi connectivity index (χ0) is 15.8. The van der Waals surface area contributed by atoms with Crippen molar-refractivity contribution in [2.45, 2.75) is 13.8 Å². The molecule has 0 saturated carbocycles. The summed E-state index contributed by atoms with van der Waals surface area (Å²) in [5.74, 6) is 5.99. The lowest BCUT2D eigenvalue weighted by molar-refractivity contribution is 0.509. The third-order valence-electron chi connectivity index (χ3n) is 2.76. The molecular formula is C16H19Cl2N3. The number of rotatable bonds is 5. The second kappa shape index (κ2) is 8.57. The summed E-state index contributed by atoms with van der Waals surface area (Å²) in [5.41, 5.74) is 10.6. The van der Waals surface area contributed by atoms with Crippen molar-refractivity contribution in [1.82, 2.24) is 5.01 Å². The van der Waals surface area contributed by atoms with E-state index < -0.39 is 0 Å². The van der Waals surface area contributed by atoms with Crippen molar-refractivity contribution < 1.29 is 0 Å². The Bertz CT molecular complexity index is 584. The van der Waals surface area contributed by atoms with E-state index >= 15 is 0 Å². The minimum atomic E-state index is 0.544. The van der Waals surface area contributed by atoms with Gasteiger partial charge >= 0.3 is 0 Å². The first kappa shape index (κ1) is 17.4. The van der Waals surface area contributed by atoms with Gasteiger partial charge in [-0.1, -0.05) is 59.1 Å². The van der Waals surface area contributed by atoms with Crippen molar-refractivity contribution in [3.8, 4) is 0 Å². The second-order valence-electron chi connectivity index (χ2n) is 4.39. The van der Waals surface area contributed by atoms with Gasteiger partial charge in [-0.2, -0.15) is 0 Å². The molecule has 1 aromatic carbocycles. The van der Waals surface area contributed by atoms with Crippen LogP contribution in [0.25, 0.3) is 5.70 Å². The van der Waals surface area contributed by atoms with Crippen LogP contribution in [0.4, 0.5) is 0 Å². The summed E-state index contributed by atoms with van der Waals surface area (Å²) in [6.07, 6.45) is 6.70. The molecule has 3 nitrogen and oxygen atoms in total. The molecule has 1 rings (SSSR count). The topological polar surface area (TPSA) is 55.3 Å². The van der Waals surface area contributed by atoms with Gasteiger partial charge in [0.25, 0.3) is 0 Å². The fraction of sp³-hybridized carbons (Fsp3) is 0.125. The summed E-state index contributed by atoms with van der Waals surface area (Å²) in [4.78, 5) is 0. The highest BCUT2D eigenvalue weighted by Crippen LogP contribution is 2.15. The van der Waals surface area contributed by atoms with E-state index in [9.17, 15) is 0 Å². The lowest BCUT2D eigenvalue weighted by Gasteiger charge is -2.16. The molecule has 0 bridgehead atoms. The van der Waals surface area contributed by atoms with Crippen molar-refractivity contribution in [2.24, 2.45) is 11.6 Å². The number of benzene rings is 1. The van der Waals surface area contributed by atoms with E-state index in [4.69, 9.17) is 34.8 Å². The van der Waals surface area contributed by atoms with Gasteiger partial charge in [0.1, 0.15) is 0 Å². The van der Waals surface area contributed by atoms with Crippen LogP contribution in [0.15, 0.2) is 65.0 Å². The lowest BCUT2D eigenvalue weighted by Crippen LogP contribution is -2.24. The van der Waals surface area contributed by atoms with Gasteiger partial charge in [-0.3, -0.25) is 5.01 Å². The average Bonchev–Trinajstić information content (AvgIpc) is 2.47. The molecule has 1 aromatic rings. The Morgan fingerprint density at radius 2 is 1.86 bits per heavy atom. The molecule has 0 aliphatic rings. The molecule has 112 valence electrons. The van der Waals surface area contributed by atoms with Gasteiger partial charge in [0, 0.05) is 16.8 Å². The van der Waals surface area contributed by atoms with Crippen LogP contribution in [-0.4, -0.2) is 5.01 Å². The molecule has 0 atom stereocenters. The summed E-state index contributed by atoms with van der Waals surface area (Å²) in [6.45, 7) is 3.85. The molecule has 21 heavy (non-hydrogen) atoms. The van der Waals surface area contributed by atoms with E-state index in [0.717, 1.165) is 5.56 Å². The summed E-state index contributed by atoms with van der Waals surface area (Å²) in [5, 5.41) is 1.93. The highest BCUT2D eigenvalue weighted by Gasteiger charge is 2.03. The summed E-state index contributed by atoms with van der Waals surface area (Å²) >= 11 is 11.6. The van der Waals surface area contributed by atoms with E-state index in [1.165, 1.54) is 16.1 Å². The third-order valence-corrected chi connectivity index (χ3v) is 3.21. The number of nitrogens with two attached hydrogens (primary N) is 2. The van der Waals surface area contributed by atoms with E-state index in [0.29, 0.717) is 16.4 Å². The quantitative estimate of drug-likeness (QED) is 0.485. The molecule has 0 saturated heterocycles. The predicted molar refractivity (Wildman–Crippen MR) is 92.1 cm³/mol. The fourth-order valence-corrected chi connectivity index (χ4v) is 1.78. The first-order valence-electron chi connectivity index (χ1n) is 6.36. The van der Waals surface area contributed by atoms with Crippen molar-refractivity contribution in [1.29, 1.82) is 0 Å². The molecule has 4 N–H and O–H groups in total. The van der Waals surface area contributed by atoms with E-state index in [2.05, 4.69) is 0 Å². The van der Waals surface area contributed by atoms with E-state index in [-0.39, 0.29) is 0 Å². The van der Waals surface area contributed by atoms with Gasteiger partial charge in [-0.05, 0) is 31.6 Å². The monoisotopic (exact) mass is 323 g/mol. The Balaban J connectivity index is 3.04. The van der Waals surface area contributed by atoms with Crippen LogP contribution < -0.4 is 11.6 Å². The van der Waals surface area contributed by atoms with E-state index in [1.807, 2.05) is 38.1 Å². The van der Waals surface area contributed by atoms with E-state index in [1.54, 1.807) is 24.4 Å². The lowest BCUT2D eigenvalue weighted by atomic mass is 10.1. The molecule has 0 heterocycles. The Morgan fingerprint density at radius 1 is 1.24 bits per heavy atom. The number of nitrogens with zero attached hydrogens (tertiary/aromatic N) is 1. The summed E-state index contributed by atoms with van der Waals surface area (Å²) in [7, 11) is 0. The number of allylic oxidation sites excluding steroid dienone is 4. The summed E-state index contributed by atoms with van der Waals surface area (Å²) < 4.78 is 0. The standard InChI is InChI=1S/C16H19Cl2N3/c1-3-14(18)10-15(8-9-17)21(20)11-16(19)13-6-4-12(2)5-7-13/h3-11H,19-20H2,1-2H3/b9-8+,14-3+,15-10+,16-11-. The molecule has 0 aliphatic heterocycles. The number of aryl methyl sites for hydroxylation is 1. The normalized spacial score (nSPS) is 13.9. The van der Waals surface area contributed by atoms with Gasteiger partial charge in [-0.25, -0.2) is 5.84 Å². The molecule has 0 radical (unpaired) electrons. The van der Waals surface area contributed by atoms with Crippen LogP contribution in [0.3, 0.4) is 0 Å². The molecule has 0 aliphatic carbocycles. The maximum Gasteiger partial charge on any atom is 0.0592 e. The van der Waals surface area contributed by atoms with Crippen LogP contribution in [-0.2, 0) is 0 Å². The van der Waals surface area contributed by atoms with Crippen LogP contribution in [0.5, 0.6) is 0 Å². The van der Waals surface area contributed by atoms with Crippen LogP contribution in [0.2, 0.25) is 0 Å². The van der Waals surface area contributed by atoms with Crippen LogP contribution >= 0.6 is 23.2 Å². The Kier molecular flexibility index (Phi) is 7.09. The Hall–Kier alpha value is -1.68. The average molecular weight is 324 g/mol. The Labute approximate surface area is 135 Å². The predicted octanol–water partition coefficient (Wildman–Crippen LogP) is 4.21. The SMILES string of the molecule is C\C=C(Cl)/C=C(\C=C\Cl)N(N)/C=C(\N)c1ccc(C)cc1. The second-order valence-corrected chi connectivity index (χ2v) is 5.08. The molecule has 0 fully saturated rings. The number of hydrazine groups is 1. The van der Waals surface area contributed by atoms with Crippen LogP contribution in [0.1, 0.15) is 18.1 Å².